The molecular weight excluding hydrogens is 259 g/mol. The Hall–Kier alpha value is -2.22. The van der Waals surface area contributed by atoms with Crippen molar-refractivity contribution in [1.82, 2.24) is 4.90 Å². The molecule has 1 heterocycles. The van der Waals surface area contributed by atoms with E-state index in [2.05, 4.69) is 0 Å². The Labute approximate surface area is 116 Å². The Balaban J connectivity index is 2.04. The van der Waals surface area contributed by atoms with Gasteiger partial charge < -0.3 is 0 Å². The first-order valence-corrected chi connectivity index (χ1v) is 6.51. The summed E-state index contributed by atoms with van der Waals surface area (Å²) in [4.78, 5) is 25.1. The number of halogens is 1. The lowest BCUT2D eigenvalue weighted by Gasteiger charge is -2.31. The maximum atomic E-state index is 12.8. The van der Waals surface area contributed by atoms with Gasteiger partial charge >= 0.3 is 0 Å². The van der Waals surface area contributed by atoms with Crippen LogP contribution < -0.4 is 0 Å². The minimum atomic E-state index is -0.749. The summed E-state index contributed by atoms with van der Waals surface area (Å²) in [5.41, 5.74) is 0.846. The molecule has 1 fully saturated rings. The fraction of sp³-hybridized carbons (Fsp3) is 0.400. The van der Waals surface area contributed by atoms with Crippen molar-refractivity contribution in [2.75, 3.05) is 6.54 Å². The number of hydrogen-bond acceptors (Lipinski definition) is 3. The molecule has 1 aromatic rings. The van der Waals surface area contributed by atoms with Gasteiger partial charge in [-0.1, -0.05) is 19.1 Å². The van der Waals surface area contributed by atoms with Crippen LogP contribution in [0.3, 0.4) is 0 Å². The van der Waals surface area contributed by atoms with Crippen LogP contribution in [0.15, 0.2) is 24.3 Å². The summed E-state index contributed by atoms with van der Waals surface area (Å²) < 4.78 is 12.8. The van der Waals surface area contributed by atoms with Gasteiger partial charge in [0.05, 0.1) is 6.07 Å². The Morgan fingerprint density at radius 3 is 2.60 bits per heavy atom. The van der Waals surface area contributed by atoms with Crippen LogP contribution >= 0.6 is 0 Å². The predicted octanol–water partition coefficient (Wildman–Crippen LogP) is 1.90. The highest BCUT2D eigenvalue weighted by molar-refractivity contribution is 6.00. The van der Waals surface area contributed by atoms with Crippen molar-refractivity contribution in [3.63, 3.8) is 0 Å². The van der Waals surface area contributed by atoms with Gasteiger partial charge in [0.2, 0.25) is 11.8 Å². The van der Waals surface area contributed by atoms with Gasteiger partial charge in [0.1, 0.15) is 11.7 Å². The Bertz CT molecular complexity index is 562. The number of nitriles is 1. The van der Waals surface area contributed by atoms with E-state index in [4.69, 9.17) is 5.26 Å². The molecule has 2 atom stereocenters. The highest BCUT2D eigenvalue weighted by Crippen LogP contribution is 2.25. The average molecular weight is 274 g/mol. The van der Waals surface area contributed by atoms with Crippen molar-refractivity contribution in [2.45, 2.75) is 19.8 Å². The van der Waals surface area contributed by atoms with Crippen LogP contribution in [0.4, 0.5) is 4.39 Å². The summed E-state index contributed by atoms with van der Waals surface area (Å²) in [6, 6.07) is 7.90. The molecule has 0 bridgehead atoms. The number of hydrogen-bond donors (Lipinski definition) is 0. The van der Waals surface area contributed by atoms with Gasteiger partial charge in [-0.3, -0.25) is 14.5 Å². The maximum Gasteiger partial charge on any atom is 0.246 e. The van der Waals surface area contributed by atoms with Gasteiger partial charge in [0.25, 0.3) is 0 Å². The topological polar surface area (TPSA) is 61.2 Å². The van der Waals surface area contributed by atoms with E-state index in [1.807, 2.05) is 6.07 Å². The smallest absolute Gasteiger partial charge is 0.246 e. The second kappa shape index (κ2) is 5.83. The molecule has 2 rings (SSSR count). The number of piperidine rings is 1. The van der Waals surface area contributed by atoms with Crippen LogP contribution in [0.25, 0.3) is 0 Å². The number of likely N-dealkylation sites (tertiary alicyclic amines) is 1. The van der Waals surface area contributed by atoms with Crippen LogP contribution in [-0.4, -0.2) is 23.3 Å². The van der Waals surface area contributed by atoms with Crippen LogP contribution in [-0.2, 0) is 16.0 Å². The van der Waals surface area contributed by atoms with E-state index >= 15 is 0 Å². The molecule has 0 aromatic heterocycles. The molecule has 5 heteroatoms. The third-order valence-corrected chi connectivity index (χ3v) is 3.58. The molecule has 1 aliphatic heterocycles. The molecule has 2 amide bonds. The van der Waals surface area contributed by atoms with Crippen molar-refractivity contribution < 1.29 is 14.0 Å². The maximum absolute atomic E-state index is 12.8. The summed E-state index contributed by atoms with van der Waals surface area (Å²) in [6.45, 7) is 1.97. The van der Waals surface area contributed by atoms with Gasteiger partial charge in [-0.15, -0.1) is 0 Å². The SMILES string of the molecule is C[C@@H]1CC(=O)N(CCc2ccc(F)cc2)C(=O)[C@H]1C#N. The van der Waals surface area contributed by atoms with Crippen molar-refractivity contribution in [3.05, 3.63) is 35.6 Å². The Morgan fingerprint density at radius 2 is 2.00 bits per heavy atom. The molecule has 0 unspecified atom stereocenters. The molecule has 104 valence electrons. The number of imide groups is 1. The predicted molar refractivity (Wildman–Crippen MR) is 69.7 cm³/mol. The average Bonchev–Trinajstić information content (AvgIpc) is 2.40. The normalized spacial score (nSPS) is 22.8. The molecule has 0 aliphatic carbocycles. The fourth-order valence-corrected chi connectivity index (χ4v) is 2.35. The zero-order valence-electron chi connectivity index (χ0n) is 11.2. The lowest BCUT2D eigenvalue weighted by Crippen LogP contribution is -2.48. The summed E-state index contributed by atoms with van der Waals surface area (Å²) in [5.74, 6) is -1.96. The van der Waals surface area contributed by atoms with E-state index in [1.165, 1.54) is 12.1 Å². The number of carbonyl (C=O) groups is 2. The van der Waals surface area contributed by atoms with Gasteiger partial charge in [0.15, 0.2) is 0 Å². The van der Waals surface area contributed by atoms with E-state index in [-0.39, 0.29) is 30.6 Å². The number of carbonyl (C=O) groups excluding carboxylic acids is 2. The van der Waals surface area contributed by atoms with E-state index in [1.54, 1.807) is 19.1 Å². The zero-order chi connectivity index (χ0) is 14.7. The van der Waals surface area contributed by atoms with Crippen LogP contribution in [0.1, 0.15) is 18.9 Å². The minimum Gasteiger partial charge on any atom is -0.281 e. The Morgan fingerprint density at radius 1 is 1.35 bits per heavy atom. The van der Waals surface area contributed by atoms with E-state index < -0.39 is 11.8 Å². The first kappa shape index (κ1) is 14.2. The minimum absolute atomic E-state index is 0.216. The quantitative estimate of drug-likeness (QED) is 0.791. The molecule has 0 radical (unpaired) electrons. The highest BCUT2D eigenvalue weighted by Gasteiger charge is 2.38. The molecule has 1 aliphatic rings. The van der Waals surface area contributed by atoms with E-state index in [0.717, 1.165) is 10.5 Å². The first-order chi connectivity index (χ1) is 9.52. The van der Waals surface area contributed by atoms with E-state index in [0.29, 0.717) is 6.42 Å². The monoisotopic (exact) mass is 274 g/mol. The third-order valence-electron chi connectivity index (χ3n) is 3.58. The molecular formula is C15H15FN2O2. The van der Waals surface area contributed by atoms with Crippen LogP contribution in [0.5, 0.6) is 0 Å². The number of nitrogens with zero attached hydrogens (tertiary/aromatic N) is 2. The standard InChI is InChI=1S/C15H15FN2O2/c1-10-8-14(19)18(15(20)13(10)9-17)7-6-11-2-4-12(16)5-3-11/h2-5,10,13H,6-8H2,1H3/t10-,13+/m1/s1. The van der Waals surface area contributed by atoms with Gasteiger partial charge in [0, 0.05) is 13.0 Å². The molecule has 4 nitrogen and oxygen atoms in total. The molecule has 1 aromatic carbocycles. The summed E-state index contributed by atoms with van der Waals surface area (Å²) in [5, 5.41) is 9.00. The second-order valence-electron chi connectivity index (χ2n) is 5.05. The summed E-state index contributed by atoms with van der Waals surface area (Å²) in [7, 11) is 0. The number of rotatable bonds is 3. The lowest BCUT2D eigenvalue weighted by molar-refractivity contribution is -0.152. The second-order valence-corrected chi connectivity index (χ2v) is 5.05. The number of benzene rings is 1. The van der Waals surface area contributed by atoms with Crippen molar-refractivity contribution in [3.8, 4) is 6.07 Å². The van der Waals surface area contributed by atoms with Crippen LogP contribution in [0.2, 0.25) is 0 Å². The summed E-state index contributed by atoms with van der Waals surface area (Å²) >= 11 is 0. The highest BCUT2D eigenvalue weighted by atomic mass is 19.1. The van der Waals surface area contributed by atoms with Crippen LogP contribution in [0, 0.1) is 29.0 Å². The molecule has 20 heavy (non-hydrogen) atoms. The zero-order valence-corrected chi connectivity index (χ0v) is 11.2. The largest absolute Gasteiger partial charge is 0.281 e. The third kappa shape index (κ3) is 2.85. The molecule has 0 N–H and O–H groups in total. The fourth-order valence-electron chi connectivity index (χ4n) is 2.35. The molecule has 1 saturated heterocycles. The first-order valence-electron chi connectivity index (χ1n) is 6.51. The van der Waals surface area contributed by atoms with Crippen molar-refractivity contribution in [2.24, 2.45) is 11.8 Å². The van der Waals surface area contributed by atoms with Gasteiger partial charge in [-0.05, 0) is 30.0 Å². The van der Waals surface area contributed by atoms with Gasteiger partial charge in [-0.2, -0.15) is 5.26 Å². The molecule has 0 spiro atoms. The number of amides is 2. The molecule has 0 saturated carbocycles. The van der Waals surface area contributed by atoms with Crippen molar-refractivity contribution >= 4 is 11.8 Å². The summed E-state index contributed by atoms with van der Waals surface area (Å²) in [6.07, 6.45) is 0.678. The van der Waals surface area contributed by atoms with E-state index in [9.17, 15) is 14.0 Å². The van der Waals surface area contributed by atoms with Crippen molar-refractivity contribution in [1.29, 1.82) is 5.26 Å². The van der Waals surface area contributed by atoms with Gasteiger partial charge in [-0.25, -0.2) is 4.39 Å². The Kier molecular flexibility index (Phi) is 4.14. The lowest BCUT2D eigenvalue weighted by atomic mass is 9.87.